The van der Waals surface area contributed by atoms with Crippen LogP contribution in [-0.4, -0.2) is 30.9 Å². The summed E-state index contributed by atoms with van der Waals surface area (Å²) in [6, 6.07) is 15.9. The van der Waals surface area contributed by atoms with Crippen molar-refractivity contribution in [3.8, 4) is 0 Å². The lowest BCUT2D eigenvalue weighted by molar-refractivity contribution is -0.116. The molecule has 2 aromatic carbocycles. The van der Waals surface area contributed by atoms with Gasteiger partial charge < -0.3 is 10.2 Å². The van der Waals surface area contributed by atoms with Crippen LogP contribution in [0.1, 0.15) is 36.5 Å². The molecule has 1 aliphatic heterocycles. The minimum atomic E-state index is -0.0896. The van der Waals surface area contributed by atoms with E-state index in [-0.39, 0.29) is 11.3 Å². The number of halogens is 1. The van der Waals surface area contributed by atoms with Gasteiger partial charge in [0.1, 0.15) is 0 Å². The standard InChI is InChI=1S/C23H27ClN2O/c1-23(13-15-26(2)16-14-23)21-6-4-3-5-19(21)9-12-22(27)25-17-18-7-10-20(24)11-8-18/h3-12H,13-17H2,1-2H3,(H,25,27)/b12-9-. The predicted molar refractivity (Wildman–Crippen MR) is 113 cm³/mol. The van der Waals surface area contributed by atoms with E-state index in [2.05, 4.69) is 42.4 Å². The number of piperidine rings is 1. The smallest absolute Gasteiger partial charge is 0.244 e. The Bertz CT molecular complexity index is 805. The number of likely N-dealkylation sites (tertiary alicyclic amines) is 1. The molecule has 0 unspecified atom stereocenters. The highest BCUT2D eigenvalue weighted by Gasteiger charge is 2.31. The molecule has 0 spiro atoms. The summed E-state index contributed by atoms with van der Waals surface area (Å²) in [4.78, 5) is 14.6. The number of hydrogen-bond donors (Lipinski definition) is 1. The molecule has 0 aliphatic carbocycles. The maximum Gasteiger partial charge on any atom is 0.244 e. The Morgan fingerprint density at radius 1 is 1.15 bits per heavy atom. The van der Waals surface area contributed by atoms with E-state index in [0.29, 0.717) is 11.6 Å². The predicted octanol–water partition coefficient (Wildman–Crippen LogP) is 4.65. The molecule has 0 saturated carbocycles. The van der Waals surface area contributed by atoms with E-state index >= 15 is 0 Å². The quantitative estimate of drug-likeness (QED) is 0.763. The lowest BCUT2D eigenvalue weighted by Gasteiger charge is -2.39. The third-order valence-corrected chi connectivity index (χ3v) is 5.75. The van der Waals surface area contributed by atoms with Crippen molar-refractivity contribution in [3.05, 3.63) is 76.3 Å². The summed E-state index contributed by atoms with van der Waals surface area (Å²) in [6.07, 6.45) is 5.84. The average Bonchev–Trinajstić information content (AvgIpc) is 2.68. The van der Waals surface area contributed by atoms with Gasteiger partial charge in [-0.05, 0) is 73.3 Å². The molecule has 1 N–H and O–H groups in total. The molecule has 1 saturated heterocycles. The van der Waals surface area contributed by atoms with E-state index in [4.69, 9.17) is 11.6 Å². The Kier molecular flexibility index (Phi) is 6.35. The molecule has 0 bridgehead atoms. The van der Waals surface area contributed by atoms with Gasteiger partial charge in [0.15, 0.2) is 0 Å². The molecule has 3 rings (SSSR count). The largest absolute Gasteiger partial charge is 0.348 e. The number of carbonyl (C=O) groups is 1. The van der Waals surface area contributed by atoms with Gasteiger partial charge in [0.25, 0.3) is 0 Å². The molecule has 142 valence electrons. The maximum atomic E-state index is 12.2. The normalized spacial score (nSPS) is 17.1. The molecule has 0 radical (unpaired) electrons. The Morgan fingerprint density at radius 2 is 1.81 bits per heavy atom. The molecule has 0 aromatic heterocycles. The minimum absolute atomic E-state index is 0.0896. The first kappa shape index (κ1) is 19.7. The summed E-state index contributed by atoms with van der Waals surface area (Å²) in [5.41, 5.74) is 3.65. The topological polar surface area (TPSA) is 32.3 Å². The van der Waals surface area contributed by atoms with Crippen molar-refractivity contribution in [2.45, 2.75) is 31.7 Å². The van der Waals surface area contributed by atoms with Crippen LogP contribution in [0.3, 0.4) is 0 Å². The van der Waals surface area contributed by atoms with Gasteiger partial charge in [-0.3, -0.25) is 4.79 Å². The van der Waals surface area contributed by atoms with E-state index in [0.717, 1.165) is 37.1 Å². The van der Waals surface area contributed by atoms with Gasteiger partial charge in [-0.25, -0.2) is 0 Å². The van der Waals surface area contributed by atoms with E-state index in [9.17, 15) is 4.79 Å². The van der Waals surface area contributed by atoms with E-state index in [1.165, 1.54) is 5.56 Å². The maximum absolute atomic E-state index is 12.2. The van der Waals surface area contributed by atoms with Gasteiger partial charge in [-0.1, -0.05) is 54.9 Å². The first-order chi connectivity index (χ1) is 13.0. The molecule has 3 nitrogen and oxygen atoms in total. The van der Waals surface area contributed by atoms with Crippen LogP contribution >= 0.6 is 11.6 Å². The van der Waals surface area contributed by atoms with Gasteiger partial charge >= 0.3 is 0 Å². The van der Waals surface area contributed by atoms with Gasteiger partial charge in [-0.2, -0.15) is 0 Å². The number of benzene rings is 2. The second kappa shape index (κ2) is 8.73. The molecule has 1 amide bonds. The molecular weight excluding hydrogens is 356 g/mol. The van der Waals surface area contributed by atoms with Crippen LogP contribution in [0.4, 0.5) is 0 Å². The van der Waals surface area contributed by atoms with Crippen molar-refractivity contribution in [1.29, 1.82) is 0 Å². The molecule has 2 aromatic rings. The minimum Gasteiger partial charge on any atom is -0.348 e. The van der Waals surface area contributed by atoms with Gasteiger partial charge in [0.05, 0.1) is 0 Å². The lowest BCUT2D eigenvalue weighted by atomic mass is 9.73. The SMILES string of the molecule is CN1CCC(C)(c2ccccc2/C=C\C(=O)NCc2ccc(Cl)cc2)CC1. The summed E-state index contributed by atoms with van der Waals surface area (Å²) >= 11 is 5.89. The van der Waals surface area contributed by atoms with E-state index in [1.54, 1.807) is 6.08 Å². The van der Waals surface area contributed by atoms with Gasteiger partial charge in [0, 0.05) is 17.6 Å². The number of carbonyl (C=O) groups excluding carboxylic acids is 1. The first-order valence-electron chi connectivity index (χ1n) is 9.45. The lowest BCUT2D eigenvalue weighted by Crippen LogP contribution is -2.39. The molecule has 0 atom stereocenters. The highest BCUT2D eigenvalue weighted by molar-refractivity contribution is 6.30. The van der Waals surface area contributed by atoms with Crippen molar-refractivity contribution in [3.63, 3.8) is 0 Å². The molecule has 27 heavy (non-hydrogen) atoms. The Morgan fingerprint density at radius 3 is 2.52 bits per heavy atom. The van der Waals surface area contributed by atoms with E-state index in [1.807, 2.05) is 36.4 Å². The summed E-state index contributed by atoms with van der Waals surface area (Å²) in [6.45, 7) is 5.05. The summed E-state index contributed by atoms with van der Waals surface area (Å²) in [5.74, 6) is -0.0896. The molecule has 1 aliphatic rings. The van der Waals surface area contributed by atoms with Crippen molar-refractivity contribution < 1.29 is 4.79 Å². The first-order valence-corrected chi connectivity index (χ1v) is 9.82. The van der Waals surface area contributed by atoms with Crippen LogP contribution in [0.15, 0.2) is 54.6 Å². The summed E-state index contributed by atoms with van der Waals surface area (Å²) in [7, 11) is 2.18. The number of nitrogens with one attached hydrogen (secondary N) is 1. The van der Waals surface area contributed by atoms with Crippen LogP contribution < -0.4 is 5.32 Å². The van der Waals surface area contributed by atoms with Crippen LogP contribution in [0.5, 0.6) is 0 Å². The van der Waals surface area contributed by atoms with Crippen molar-refractivity contribution in [1.82, 2.24) is 10.2 Å². The zero-order valence-electron chi connectivity index (χ0n) is 16.0. The zero-order chi connectivity index (χ0) is 19.3. The van der Waals surface area contributed by atoms with Crippen LogP contribution in [0, 0.1) is 0 Å². The zero-order valence-corrected chi connectivity index (χ0v) is 16.8. The number of hydrogen-bond acceptors (Lipinski definition) is 2. The highest BCUT2D eigenvalue weighted by atomic mass is 35.5. The fourth-order valence-electron chi connectivity index (χ4n) is 3.59. The van der Waals surface area contributed by atoms with Crippen LogP contribution in [0.25, 0.3) is 6.08 Å². The number of rotatable bonds is 5. The van der Waals surface area contributed by atoms with Crippen molar-refractivity contribution in [2.75, 3.05) is 20.1 Å². The molecule has 1 fully saturated rings. The monoisotopic (exact) mass is 382 g/mol. The molecular formula is C23H27ClN2O. The third kappa shape index (κ3) is 5.21. The van der Waals surface area contributed by atoms with Crippen molar-refractivity contribution >= 4 is 23.6 Å². The van der Waals surface area contributed by atoms with E-state index < -0.39 is 0 Å². The summed E-state index contributed by atoms with van der Waals surface area (Å²) in [5, 5.41) is 3.63. The number of amides is 1. The van der Waals surface area contributed by atoms with Gasteiger partial charge in [0.2, 0.25) is 5.91 Å². The average molecular weight is 383 g/mol. The molecule has 1 heterocycles. The third-order valence-electron chi connectivity index (χ3n) is 5.50. The fraction of sp³-hybridized carbons (Fsp3) is 0.348. The second-order valence-electron chi connectivity index (χ2n) is 7.63. The molecule has 4 heteroatoms. The van der Waals surface area contributed by atoms with Crippen molar-refractivity contribution in [2.24, 2.45) is 0 Å². The highest BCUT2D eigenvalue weighted by Crippen LogP contribution is 2.36. The second-order valence-corrected chi connectivity index (χ2v) is 8.07. The Hall–Kier alpha value is -2.10. The number of nitrogens with zero attached hydrogens (tertiary/aromatic N) is 1. The van der Waals surface area contributed by atoms with Crippen LogP contribution in [0.2, 0.25) is 5.02 Å². The Balaban J connectivity index is 1.66. The Labute approximate surface area is 167 Å². The van der Waals surface area contributed by atoms with Gasteiger partial charge in [-0.15, -0.1) is 0 Å². The fourth-order valence-corrected chi connectivity index (χ4v) is 3.72. The van der Waals surface area contributed by atoms with Crippen LogP contribution in [-0.2, 0) is 16.8 Å². The summed E-state index contributed by atoms with van der Waals surface area (Å²) < 4.78 is 0.